The molecule has 6 aromatic carbocycles. The highest BCUT2D eigenvalue weighted by Gasteiger charge is 2.24. The van der Waals surface area contributed by atoms with Crippen molar-refractivity contribution in [3.05, 3.63) is 190 Å². The van der Waals surface area contributed by atoms with Crippen molar-refractivity contribution < 1.29 is 45.4 Å². The van der Waals surface area contributed by atoms with Gasteiger partial charge >= 0.3 is 11.9 Å². The lowest BCUT2D eigenvalue weighted by atomic mass is 10.0. The van der Waals surface area contributed by atoms with Crippen LogP contribution in [0.15, 0.2) is 149 Å². The molecule has 0 aromatic heterocycles. The topological polar surface area (TPSA) is 167 Å². The zero-order valence-electron chi connectivity index (χ0n) is 32.6. The van der Waals surface area contributed by atoms with Gasteiger partial charge in [-0.05, 0) is 139 Å². The molecular formula is C46H44F2N2O8S2. The Morgan fingerprint density at radius 3 is 1.32 bits per heavy atom. The Morgan fingerprint density at radius 1 is 0.500 bits per heavy atom. The van der Waals surface area contributed by atoms with Gasteiger partial charge < -0.3 is 10.2 Å². The number of anilines is 2. The van der Waals surface area contributed by atoms with Crippen LogP contribution in [0.2, 0.25) is 0 Å². The molecule has 0 unspecified atom stereocenters. The van der Waals surface area contributed by atoms with E-state index in [1.807, 2.05) is 30.3 Å². The third-order valence-electron chi connectivity index (χ3n) is 9.41. The van der Waals surface area contributed by atoms with Crippen molar-refractivity contribution >= 4 is 43.4 Å². The van der Waals surface area contributed by atoms with E-state index in [1.165, 1.54) is 18.2 Å². The molecule has 0 spiro atoms. The maximum absolute atomic E-state index is 13.8. The molecule has 0 fully saturated rings. The van der Waals surface area contributed by atoms with Crippen LogP contribution >= 0.6 is 0 Å². The molecule has 0 saturated heterocycles. The first kappa shape index (κ1) is 44.7. The maximum Gasteiger partial charge on any atom is 0.335 e. The van der Waals surface area contributed by atoms with E-state index in [9.17, 15) is 35.2 Å². The summed E-state index contributed by atoms with van der Waals surface area (Å²) in [6, 6.07) is 37.0. The third kappa shape index (κ3) is 12.8. The fraction of sp³-hybridized carbons (Fsp3) is 0.174. The summed E-state index contributed by atoms with van der Waals surface area (Å²) >= 11 is 0. The number of unbranched alkanes of at least 4 members (excludes halogenated alkanes) is 1. The molecule has 312 valence electrons. The highest BCUT2D eigenvalue weighted by atomic mass is 32.2. The summed E-state index contributed by atoms with van der Waals surface area (Å²) in [4.78, 5) is 21.1. The van der Waals surface area contributed by atoms with Crippen molar-refractivity contribution in [3.63, 3.8) is 0 Å². The van der Waals surface area contributed by atoms with Crippen LogP contribution in [0, 0.1) is 11.6 Å². The number of carbonyl (C=O) groups is 2. The molecule has 0 heterocycles. The molecule has 14 heteroatoms. The van der Waals surface area contributed by atoms with E-state index in [0.717, 1.165) is 71.7 Å². The zero-order chi connectivity index (χ0) is 43.3. The predicted molar refractivity (Wildman–Crippen MR) is 228 cm³/mol. The second-order valence-corrected chi connectivity index (χ2v) is 17.2. The van der Waals surface area contributed by atoms with Gasteiger partial charge in [-0.15, -0.1) is 0 Å². The minimum absolute atomic E-state index is 0.186. The number of carboxylic acid groups (broad SMARTS) is 2. The Balaban J connectivity index is 0.000000228. The van der Waals surface area contributed by atoms with Crippen LogP contribution < -0.4 is 9.44 Å². The van der Waals surface area contributed by atoms with Gasteiger partial charge in [-0.1, -0.05) is 80.1 Å². The molecule has 0 aliphatic carbocycles. The van der Waals surface area contributed by atoms with Gasteiger partial charge in [-0.3, -0.25) is 9.44 Å². The first-order chi connectivity index (χ1) is 28.6. The second-order valence-electron chi connectivity index (χ2n) is 13.9. The Kier molecular flexibility index (Phi) is 15.3. The number of hydrogen-bond acceptors (Lipinski definition) is 6. The normalized spacial score (nSPS) is 11.2. The molecule has 0 bridgehead atoms. The second kappa shape index (κ2) is 20.5. The van der Waals surface area contributed by atoms with Crippen LogP contribution in [-0.4, -0.2) is 39.0 Å². The van der Waals surface area contributed by atoms with Gasteiger partial charge in [0.25, 0.3) is 20.0 Å². The van der Waals surface area contributed by atoms with Gasteiger partial charge in [-0.2, -0.15) is 0 Å². The van der Waals surface area contributed by atoms with Crippen LogP contribution in [0.1, 0.15) is 68.3 Å². The van der Waals surface area contributed by atoms with E-state index in [-0.39, 0.29) is 21.7 Å². The number of carboxylic acids is 2. The molecule has 4 N–H and O–H groups in total. The summed E-state index contributed by atoms with van der Waals surface area (Å²) in [7, 11) is -8.08. The van der Waals surface area contributed by atoms with Crippen molar-refractivity contribution in [2.24, 2.45) is 0 Å². The Labute approximate surface area is 348 Å². The summed E-state index contributed by atoms with van der Waals surface area (Å²) in [6.45, 7) is 2.13. The first-order valence-corrected chi connectivity index (χ1v) is 22.0. The smallest absolute Gasteiger partial charge is 0.335 e. The summed E-state index contributed by atoms with van der Waals surface area (Å²) in [5.74, 6) is -4.28. The summed E-state index contributed by atoms with van der Waals surface area (Å²) in [5, 5.41) is 17.9. The van der Waals surface area contributed by atoms with E-state index >= 15 is 0 Å². The fourth-order valence-corrected chi connectivity index (χ4v) is 8.40. The number of benzene rings is 6. The van der Waals surface area contributed by atoms with Gasteiger partial charge in [0.15, 0.2) is 4.90 Å². The minimum atomic E-state index is -4.43. The molecule has 0 aliphatic heterocycles. The molecule has 0 radical (unpaired) electrons. The van der Waals surface area contributed by atoms with Crippen molar-refractivity contribution in [2.75, 3.05) is 9.44 Å². The van der Waals surface area contributed by atoms with Crippen LogP contribution in [0.5, 0.6) is 0 Å². The van der Waals surface area contributed by atoms with E-state index in [2.05, 4.69) is 16.4 Å². The number of sulfonamides is 2. The zero-order valence-corrected chi connectivity index (χ0v) is 34.3. The van der Waals surface area contributed by atoms with Gasteiger partial charge in [0, 0.05) is 11.4 Å². The lowest BCUT2D eigenvalue weighted by molar-refractivity contribution is 0.0686. The number of rotatable bonds is 17. The van der Waals surface area contributed by atoms with Crippen molar-refractivity contribution in [2.45, 2.75) is 61.7 Å². The molecule has 0 saturated carbocycles. The molecule has 0 aliphatic rings. The Morgan fingerprint density at radius 2 is 0.883 bits per heavy atom. The molecule has 0 amide bonds. The monoisotopic (exact) mass is 854 g/mol. The fourth-order valence-electron chi connectivity index (χ4n) is 6.16. The first-order valence-electron chi connectivity index (χ1n) is 19.0. The van der Waals surface area contributed by atoms with Crippen LogP contribution in [-0.2, 0) is 52.2 Å². The number of hydrogen-bond donors (Lipinski definition) is 4. The molecule has 60 heavy (non-hydrogen) atoms. The standard InChI is InChI=1S/C25H27NO4S.C21H17F2NO4S/c1-2-3-5-19-12-16-24(17-13-19)31(29,30)26-23-7-4-6-21(18-23)9-8-20-10-14-22(15-11-20)25(27)28;22-18-5-2-6-19(23)20(18)29(27,28)24-17-4-1-3-15(13-17)8-7-14-9-11-16(12-10-14)21(25)26/h4,6-7,10-18,26H,2-3,5,8-9H2,1H3,(H,27,28);1-6,9-13,24H,7-8H2,(H,25,26). The maximum atomic E-state index is 13.8. The number of halogens is 2. The molecular weight excluding hydrogens is 811 g/mol. The van der Waals surface area contributed by atoms with Gasteiger partial charge in [0.05, 0.1) is 16.0 Å². The van der Waals surface area contributed by atoms with E-state index in [0.29, 0.717) is 24.9 Å². The minimum Gasteiger partial charge on any atom is -0.478 e. The largest absolute Gasteiger partial charge is 0.478 e. The van der Waals surface area contributed by atoms with Crippen molar-refractivity contribution in [3.8, 4) is 0 Å². The van der Waals surface area contributed by atoms with Gasteiger partial charge in [0.1, 0.15) is 11.6 Å². The van der Waals surface area contributed by atoms with Gasteiger partial charge in [-0.25, -0.2) is 35.2 Å². The highest BCUT2D eigenvalue weighted by molar-refractivity contribution is 7.93. The van der Waals surface area contributed by atoms with Crippen LogP contribution in [0.25, 0.3) is 0 Å². The average Bonchev–Trinajstić information content (AvgIpc) is 3.22. The summed E-state index contributed by atoms with van der Waals surface area (Å²) in [5.41, 5.74) is 6.07. The van der Waals surface area contributed by atoms with Crippen molar-refractivity contribution in [1.82, 2.24) is 0 Å². The lowest BCUT2D eigenvalue weighted by Gasteiger charge is -2.11. The number of nitrogens with one attached hydrogen (secondary N) is 2. The van der Waals surface area contributed by atoms with E-state index in [1.54, 1.807) is 72.8 Å². The molecule has 10 nitrogen and oxygen atoms in total. The predicted octanol–water partition coefficient (Wildman–Crippen LogP) is 9.56. The lowest BCUT2D eigenvalue weighted by Crippen LogP contribution is -2.16. The number of aromatic carboxylic acids is 2. The Hall–Kier alpha value is -6.38. The quantitative estimate of drug-likeness (QED) is 0.0704. The SMILES string of the molecule is CCCCc1ccc(S(=O)(=O)Nc2cccc(CCc3ccc(C(=O)O)cc3)c2)cc1.O=C(O)c1ccc(CCc2cccc(NS(=O)(=O)c3c(F)cccc3F)c2)cc1. The average molecular weight is 855 g/mol. The van der Waals surface area contributed by atoms with E-state index in [4.69, 9.17) is 10.2 Å². The third-order valence-corrected chi connectivity index (χ3v) is 12.2. The highest BCUT2D eigenvalue weighted by Crippen LogP contribution is 2.24. The summed E-state index contributed by atoms with van der Waals surface area (Å²) < 4.78 is 82.8. The van der Waals surface area contributed by atoms with E-state index < -0.39 is 48.5 Å². The molecule has 0 atom stereocenters. The molecule has 6 aromatic rings. The summed E-state index contributed by atoms with van der Waals surface area (Å²) in [6.07, 6.45) is 5.76. The molecule has 6 rings (SSSR count). The van der Waals surface area contributed by atoms with Crippen LogP contribution in [0.3, 0.4) is 0 Å². The Bertz CT molecular complexity index is 2620. The number of aryl methyl sites for hydroxylation is 5. The van der Waals surface area contributed by atoms with Gasteiger partial charge in [0.2, 0.25) is 0 Å². The van der Waals surface area contributed by atoms with Crippen LogP contribution in [0.4, 0.5) is 20.2 Å². The van der Waals surface area contributed by atoms with Crippen molar-refractivity contribution in [1.29, 1.82) is 0 Å².